The maximum atomic E-state index is 6.04. The van der Waals surface area contributed by atoms with Crippen molar-refractivity contribution in [2.45, 2.75) is 31.5 Å². The number of morpholine rings is 1. The number of hydrogen-bond donors (Lipinski definition) is 1. The largest absolute Gasteiger partial charge is 0.375 e. The summed E-state index contributed by atoms with van der Waals surface area (Å²) in [6.45, 7) is 3.89. The zero-order valence-corrected chi connectivity index (χ0v) is 15.8. The Labute approximate surface area is 155 Å². The van der Waals surface area contributed by atoms with Gasteiger partial charge in [0.25, 0.3) is 0 Å². The average molecular weight is 367 g/mol. The quantitative estimate of drug-likeness (QED) is 0.798. The van der Waals surface area contributed by atoms with E-state index in [9.17, 15) is 0 Å². The van der Waals surface area contributed by atoms with E-state index in [2.05, 4.69) is 65.1 Å². The standard InChI is InChI=1S/C19H26N2OS.ClH/c1-21(15-16-7-3-2-4-8-16)12-5-9-17-19(20-11-13-22-17)18-10-6-14-23-18;/h2-4,6-8,10,14,17,19-20H,5,9,11-13,15H2,1H3;1H. The lowest BCUT2D eigenvalue weighted by Crippen LogP contribution is -2.41. The molecule has 2 heterocycles. The third-order valence-electron chi connectivity index (χ3n) is 4.34. The molecule has 1 fully saturated rings. The Kier molecular flexibility index (Phi) is 8.22. The highest BCUT2D eigenvalue weighted by Gasteiger charge is 2.27. The van der Waals surface area contributed by atoms with E-state index in [4.69, 9.17) is 4.74 Å². The van der Waals surface area contributed by atoms with E-state index < -0.39 is 0 Å². The fourth-order valence-electron chi connectivity index (χ4n) is 3.19. The number of nitrogens with one attached hydrogen (secondary N) is 1. The Morgan fingerprint density at radius 2 is 2.04 bits per heavy atom. The van der Waals surface area contributed by atoms with Gasteiger partial charge in [0.15, 0.2) is 0 Å². The van der Waals surface area contributed by atoms with Gasteiger partial charge in [0.05, 0.1) is 18.8 Å². The van der Waals surface area contributed by atoms with Gasteiger partial charge in [-0.1, -0.05) is 36.4 Å². The molecule has 2 aromatic rings. The van der Waals surface area contributed by atoms with Crippen LogP contribution in [0.15, 0.2) is 47.8 Å². The first-order chi connectivity index (χ1) is 11.3. The van der Waals surface area contributed by atoms with Crippen molar-refractivity contribution in [3.63, 3.8) is 0 Å². The summed E-state index contributed by atoms with van der Waals surface area (Å²) in [6, 6.07) is 15.4. The van der Waals surface area contributed by atoms with Gasteiger partial charge in [0.1, 0.15) is 0 Å². The smallest absolute Gasteiger partial charge is 0.0778 e. The van der Waals surface area contributed by atoms with Crippen LogP contribution in [0.5, 0.6) is 0 Å². The van der Waals surface area contributed by atoms with Crippen molar-refractivity contribution in [2.75, 3.05) is 26.7 Å². The highest BCUT2D eigenvalue weighted by atomic mass is 35.5. The summed E-state index contributed by atoms with van der Waals surface area (Å²) in [6.07, 6.45) is 2.57. The summed E-state index contributed by atoms with van der Waals surface area (Å²) >= 11 is 1.82. The highest BCUT2D eigenvalue weighted by Crippen LogP contribution is 2.28. The van der Waals surface area contributed by atoms with Crippen LogP contribution in [-0.2, 0) is 11.3 Å². The molecule has 1 aliphatic heterocycles. The van der Waals surface area contributed by atoms with Gasteiger partial charge in [-0.05, 0) is 43.4 Å². The van der Waals surface area contributed by atoms with E-state index in [1.54, 1.807) is 0 Å². The molecule has 3 rings (SSSR count). The Morgan fingerprint density at radius 1 is 1.21 bits per heavy atom. The van der Waals surface area contributed by atoms with Crippen LogP contribution >= 0.6 is 23.7 Å². The number of thiophene rings is 1. The van der Waals surface area contributed by atoms with Crippen LogP contribution in [0.25, 0.3) is 0 Å². The summed E-state index contributed by atoms with van der Waals surface area (Å²) < 4.78 is 6.04. The molecular weight excluding hydrogens is 340 g/mol. The third-order valence-corrected chi connectivity index (χ3v) is 5.30. The molecule has 1 aromatic carbocycles. The number of nitrogens with zero attached hydrogens (tertiary/aromatic N) is 1. The second kappa shape index (κ2) is 10.2. The predicted octanol–water partition coefficient (Wildman–Crippen LogP) is 4.11. The topological polar surface area (TPSA) is 24.5 Å². The van der Waals surface area contributed by atoms with Crippen LogP contribution in [0.2, 0.25) is 0 Å². The zero-order chi connectivity index (χ0) is 15.9. The molecule has 0 amide bonds. The number of ether oxygens (including phenoxy) is 1. The van der Waals surface area contributed by atoms with Crippen LogP contribution in [-0.4, -0.2) is 37.7 Å². The zero-order valence-electron chi connectivity index (χ0n) is 14.2. The van der Waals surface area contributed by atoms with E-state index in [1.807, 2.05) is 11.3 Å². The molecule has 3 nitrogen and oxygen atoms in total. The number of halogens is 1. The van der Waals surface area contributed by atoms with Crippen molar-refractivity contribution in [2.24, 2.45) is 0 Å². The maximum Gasteiger partial charge on any atom is 0.0778 e. The minimum Gasteiger partial charge on any atom is -0.375 e. The lowest BCUT2D eigenvalue weighted by atomic mass is 10.0. The first kappa shape index (κ1) is 19.4. The van der Waals surface area contributed by atoms with Crippen molar-refractivity contribution >= 4 is 23.7 Å². The molecule has 0 aliphatic carbocycles. The molecule has 1 aliphatic rings. The van der Waals surface area contributed by atoms with Crippen molar-refractivity contribution in [1.29, 1.82) is 0 Å². The average Bonchev–Trinajstić information content (AvgIpc) is 3.10. The van der Waals surface area contributed by atoms with Gasteiger partial charge >= 0.3 is 0 Å². The van der Waals surface area contributed by atoms with Gasteiger partial charge in [-0.15, -0.1) is 23.7 Å². The van der Waals surface area contributed by atoms with Gasteiger partial charge in [-0.3, -0.25) is 0 Å². The van der Waals surface area contributed by atoms with E-state index in [0.29, 0.717) is 12.1 Å². The van der Waals surface area contributed by atoms with Crippen LogP contribution in [0, 0.1) is 0 Å². The fourth-order valence-corrected chi connectivity index (χ4v) is 4.04. The Morgan fingerprint density at radius 3 is 2.79 bits per heavy atom. The second-order valence-electron chi connectivity index (χ2n) is 6.22. The highest BCUT2D eigenvalue weighted by molar-refractivity contribution is 7.10. The molecule has 0 spiro atoms. The Bertz CT molecular complexity index is 564. The summed E-state index contributed by atoms with van der Waals surface area (Å²) in [5, 5.41) is 5.77. The van der Waals surface area contributed by atoms with Crippen LogP contribution < -0.4 is 5.32 Å². The van der Waals surface area contributed by atoms with Crippen molar-refractivity contribution in [3.05, 3.63) is 58.3 Å². The van der Waals surface area contributed by atoms with Crippen molar-refractivity contribution < 1.29 is 4.74 Å². The molecule has 24 heavy (non-hydrogen) atoms. The minimum absolute atomic E-state index is 0. The fraction of sp³-hybridized carbons (Fsp3) is 0.474. The molecule has 0 saturated carbocycles. The van der Waals surface area contributed by atoms with Gasteiger partial charge in [0, 0.05) is 18.0 Å². The monoisotopic (exact) mass is 366 g/mol. The Balaban J connectivity index is 0.00000208. The first-order valence-corrected chi connectivity index (χ1v) is 9.32. The molecule has 0 radical (unpaired) electrons. The van der Waals surface area contributed by atoms with Crippen LogP contribution in [0.4, 0.5) is 0 Å². The summed E-state index contributed by atoms with van der Waals surface area (Å²) in [7, 11) is 2.20. The number of hydrogen-bond acceptors (Lipinski definition) is 4. The molecule has 5 heteroatoms. The molecule has 1 N–H and O–H groups in total. The molecular formula is C19H27ClN2OS. The summed E-state index contributed by atoms with van der Waals surface area (Å²) in [5.74, 6) is 0. The SMILES string of the molecule is CN(CCCC1OCCNC1c1cccs1)Cc1ccccc1.Cl. The molecule has 132 valence electrons. The first-order valence-electron chi connectivity index (χ1n) is 8.44. The van der Waals surface area contributed by atoms with Gasteiger partial charge in [-0.2, -0.15) is 0 Å². The van der Waals surface area contributed by atoms with Crippen LogP contribution in [0.3, 0.4) is 0 Å². The van der Waals surface area contributed by atoms with E-state index in [0.717, 1.165) is 39.1 Å². The second-order valence-corrected chi connectivity index (χ2v) is 7.20. The van der Waals surface area contributed by atoms with Crippen LogP contribution in [0.1, 0.15) is 29.3 Å². The van der Waals surface area contributed by atoms with Gasteiger partial charge in [-0.25, -0.2) is 0 Å². The number of rotatable bonds is 7. The molecule has 1 aromatic heterocycles. The predicted molar refractivity (Wildman–Crippen MR) is 104 cm³/mol. The summed E-state index contributed by atoms with van der Waals surface area (Å²) in [5.41, 5.74) is 1.38. The molecule has 2 unspecified atom stereocenters. The number of benzene rings is 1. The van der Waals surface area contributed by atoms with E-state index >= 15 is 0 Å². The maximum absolute atomic E-state index is 6.04. The molecule has 0 bridgehead atoms. The van der Waals surface area contributed by atoms with Gasteiger partial charge in [0.2, 0.25) is 0 Å². The van der Waals surface area contributed by atoms with E-state index in [-0.39, 0.29) is 12.4 Å². The molecule has 1 saturated heterocycles. The molecule has 2 atom stereocenters. The normalized spacial score (nSPS) is 20.8. The lowest BCUT2D eigenvalue weighted by Gasteiger charge is -2.32. The lowest BCUT2D eigenvalue weighted by molar-refractivity contribution is -0.0105. The Hall–Kier alpha value is -0.910. The van der Waals surface area contributed by atoms with Crippen molar-refractivity contribution in [1.82, 2.24) is 10.2 Å². The third kappa shape index (κ3) is 5.57. The van der Waals surface area contributed by atoms with Gasteiger partial charge < -0.3 is 15.0 Å². The minimum atomic E-state index is 0. The van der Waals surface area contributed by atoms with E-state index in [1.165, 1.54) is 10.4 Å². The van der Waals surface area contributed by atoms with Crippen molar-refractivity contribution in [3.8, 4) is 0 Å². The summed E-state index contributed by atoms with van der Waals surface area (Å²) in [4.78, 5) is 3.79.